The fourth-order valence-electron chi connectivity index (χ4n) is 0.710. The molecule has 0 bridgehead atoms. The maximum atomic E-state index is 9.88. The first kappa shape index (κ1) is 9.20. The van der Waals surface area contributed by atoms with Crippen LogP contribution in [0.15, 0.2) is 0 Å². The number of carbonyl (C=O) groups excluding carboxylic acids is 1. The Morgan fingerprint density at radius 3 is 2.62 bits per heavy atom. The van der Waals surface area contributed by atoms with E-state index in [1.54, 1.807) is 0 Å². The Labute approximate surface area is 89.0 Å². The van der Waals surface area contributed by atoms with E-state index in [0.717, 1.165) is 25.7 Å². The van der Waals surface area contributed by atoms with Gasteiger partial charge in [-0.1, -0.05) is 0 Å². The molecule has 3 heteroatoms. The first-order valence-electron chi connectivity index (χ1n) is 2.50. The quantitative estimate of drug-likeness (QED) is 0.453. The predicted molar refractivity (Wildman–Crippen MR) is 33.6 cm³/mol. The third-order valence-electron chi connectivity index (χ3n) is 1.12. The zero-order valence-electron chi connectivity index (χ0n) is 4.09. The van der Waals surface area contributed by atoms with Crippen LogP contribution in [-0.2, 0) is 9.53 Å². The van der Waals surface area contributed by atoms with Crippen LogP contribution in [-0.4, -0.2) is 67.9 Å². The summed E-state index contributed by atoms with van der Waals surface area (Å²) in [6.07, 6.45) is 2.75. The van der Waals surface area contributed by atoms with Gasteiger partial charge >= 0.3 is 48.9 Å². The number of carbonyl (C=O) groups is 1. The van der Waals surface area contributed by atoms with Gasteiger partial charge < -0.3 is 9.53 Å². The summed E-state index contributed by atoms with van der Waals surface area (Å²) in [5.74, 6) is 0. The molecule has 1 unspecified atom stereocenters. The molecule has 1 atom stereocenters. The summed E-state index contributed by atoms with van der Waals surface area (Å²) in [6, 6.07) is 0. The van der Waals surface area contributed by atoms with Gasteiger partial charge in [-0.15, -0.1) is 0 Å². The minimum absolute atomic E-state index is 0. The van der Waals surface area contributed by atoms with Crippen molar-refractivity contribution in [1.29, 1.82) is 0 Å². The third-order valence-corrected chi connectivity index (χ3v) is 1.12. The summed E-state index contributed by atoms with van der Waals surface area (Å²) in [7, 11) is 0. The molecular weight excluding hydrogens is 229 g/mol. The molecule has 1 saturated heterocycles. The zero-order chi connectivity index (χ0) is 5.11. The van der Waals surface area contributed by atoms with Crippen LogP contribution < -0.4 is 0 Å². The average molecular weight is 239 g/mol. The van der Waals surface area contributed by atoms with Gasteiger partial charge in [0, 0.05) is 6.61 Å². The van der Waals surface area contributed by atoms with Gasteiger partial charge in [0.05, 0.1) is 0 Å². The molecule has 0 radical (unpaired) electrons. The van der Waals surface area contributed by atoms with E-state index in [-0.39, 0.29) is 55.0 Å². The molecule has 0 spiro atoms. The summed E-state index contributed by atoms with van der Waals surface area (Å²) < 4.78 is 4.93. The molecule has 0 N–H and O–H groups in total. The fraction of sp³-hybridized carbons (Fsp3) is 0.800. The summed E-state index contributed by atoms with van der Waals surface area (Å²) in [5.41, 5.74) is 0. The number of ether oxygens (including phenoxy) is 1. The number of rotatable bonds is 1. The molecule has 1 rings (SSSR count). The minimum atomic E-state index is -0.0833. The van der Waals surface area contributed by atoms with Gasteiger partial charge in [0.1, 0.15) is 12.4 Å². The van der Waals surface area contributed by atoms with Crippen LogP contribution in [0.3, 0.4) is 0 Å². The van der Waals surface area contributed by atoms with Gasteiger partial charge in [-0.25, -0.2) is 0 Å². The normalized spacial score (nSPS) is 26.8. The molecule has 0 aromatic heterocycles. The molecule has 0 aromatic carbocycles. The third kappa shape index (κ3) is 2.66. The zero-order valence-corrected chi connectivity index (χ0v) is 4.09. The Balaban J connectivity index is 0.000000490. The van der Waals surface area contributed by atoms with Crippen LogP contribution in [0.5, 0.6) is 0 Å². The molecule has 2 nitrogen and oxygen atoms in total. The van der Waals surface area contributed by atoms with Crippen molar-refractivity contribution in [2.24, 2.45) is 0 Å². The van der Waals surface area contributed by atoms with Crippen molar-refractivity contribution in [2.45, 2.75) is 18.9 Å². The van der Waals surface area contributed by atoms with E-state index in [0.29, 0.717) is 0 Å². The molecule has 0 aromatic rings. The first-order valence-corrected chi connectivity index (χ1v) is 2.50. The van der Waals surface area contributed by atoms with Crippen molar-refractivity contribution in [2.75, 3.05) is 6.61 Å². The molecule has 1 aliphatic heterocycles. The first-order chi connectivity index (χ1) is 3.43. The van der Waals surface area contributed by atoms with E-state index < -0.39 is 0 Å². The molecule has 1 heterocycles. The van der Waals surface area contributed by atoms with Crippen molar-refractivity contribution in [3.05, 3.63) is 0 Å². The molecule has 1 fully saturated rings. The van der Waals surface area contributed by atoms with Crippen LogP contribution in [0.4, 0.5) is 0 Å². The average Bonchev–Trinajstić information content (AvgIpc) is 2.14. The Morgan fingerprint density at radius 2 is 2.38 bits per heavy atom. The molecule has 1 aliphatic rings. The van der Waals surface area contributed by atoms with E-state index in [1.807, 2.05) is 0 Å². The summed E-state index contributed by atoms with van der Waals surface area (Å²) >= 11 is 0. The predicted octanol–water partition coefficient (Wildman–Crippen LogP) is -0.552. The van der Waals surface area contributed by atoms with Crippen molar-refractivity contribution >= 4 is 55.2 Å². The van der Waals surface area contributed by atoms with E-state index in [4.69, 9.17) is 4.74 Å². The van der Waals surface area contributed by atoms with Crippen molar-refractivity contribution in [1.82, 2.24) is 0 Å². The Hall–Kier alpha value is 1.20. The van der Waals surface area contributed by atoms with Crippen LogP contribution >= 0.6 is 0 Å². The van der Waals surface area contributed by atoms with E-state index in [9.17, 15) is 4.79 Å². The van der Waals surface area contributed by atoms with Crippen LogP contribution in [0.1, 0.15) is 12.8 Å². The Kier molecular flexibility index (Phi) is 5.78. The van der Waals surface area contributed by atoms with Gasteiger partial charge in [0.2, 0.25) is 0 Å². The Morgan fingerprint density at radius 1 is 1.62 bits per heavy atom. The monoisotopic (exact) mass is 240 g/mol. The second-order valence-electron chi connectivity index (χ2n) is 1.69. The molecule has 8 heavy (non-hydrogen) atoms. The van der Waals surface area contributed by atoms with E-state index >= 15 is 0 Å². The van der Waals surface area contributed by atoms with Gasteiger partial charge in [0.15, 0.2) is 0 Å². The Bertz CT molecular complexity index is 68.8. The SMILES string of the molecule is O=CC1CCCO1.[BaH2]. The van der Waals surface area contributed by atoms with Crippen LogP contribution in [0.25, 0.3) is 0 Å². The molecular formula is C5H10BaO2. The van der Waals surface area contributed by atoms with Crippen molar-refractivity contribution in [3.8, 4) is 0 Å². The maximum absolute atomic E-state index is 9.88. The van der Waals surface area contributed by atoms with Gasteiger partial charge in [0.25, 0.3) is 0 Å². The summed E-state index contributed by atoms with van der Waals surface area (Å²) in [6.45, 7) is 0.767. The number of aldehydes is 1. The molecule has 0 amide bonds. The second-order valence-corrected chi connectivity index (χ2v) is 1.69. The van der Waals surface area contributed by atoms with E-state index in [1.165, 1.54) is 0 Å². The standard InChI is InChI=1S/C5H8O2.Ba.2H/c6-4-5-2-1-3-7-5;;;/h4-5H,1-3H2;;;. The van der Waals surface area contributed by atoms with Crippen LogP contribution in [0.2, 0.25) is 0 Å². The van der Waals surface area contributed by atoms with Gasteiger partial charge in [-0.3, -0.25) is 0 Å². The number of hydrogen-bond donors (Lipinski definition) is 0. The topological polar surface area (TPSA) is 26.3 Å². The second kappa shape index (κ2) is 5.02. The fourth-order valence-corrected chi connectivity index (χ4v) is 0.710. The van der Waals surface area contributed by atoms with E-state index in [2.05, 4.69) is 0 Å². The van der Waals surface area contributed by atoms with Gasteiger partial charge in [-0.2, -0.15) is 0 Å². The number of hydrogen-bond acceptors (Lipinski definition) is 2. The molecule has 0 aliphatic carbocycles. The molecule has 44 valence electrons. The molecule has 0 saturated carbocycles. The van der Waals surface area contributed by atoms with Gasteiger partial charge in [-0.05, 0) is 12.8 Å². The summed E-state index contributed by atoms with van der Waals surface area (Å²) in [4.78, 5) is 9.88. The van der Waals surface area contributed by atoms with Crippen molar-refractivity contribution < 1.29 is 9.53 Å². The van der Waals surface area contributed by atoms with Crippen molar-refractivity contribution in [3.63, 3.8) is 0 Å². The van der Waals surface area contributed by atoms with Crippen LogP contribution in [0, 0.1) is 0 Å². The summed E-state index contributed by atoms with van der Waals surface area (Å²) in [5, 5.41) is 0.